The van der Waals surface area contributed by atoms with Crippen molar-refractivity contribution >= 4 is 0 Å². The second kappa shape index (κ2) is 14.0. The maximum atomic E-state index is 6.16. The van der Waals surface area contributed by atoms with E-state index in [1.165, 1.54) is 44.9 Å². The van der Waals surface area contributed by atoms with Crippen LogP contribution >= 0.6 is 0 Å². The molecule has 1 heterocycles. The number of aromatic nitrogens is 1. The largest absolute Gasteiger partial charge is 0.493 e. The van der Waals surface area contributed by atoms with Gasteiger partial charge in [0.15, 0.2) is 0 Å². The number of ether oxygens (including phenoxy) is 2. The van der Waals surface area contributed by atoms with Crippen molar-refractivity contribution in [1.82, 2.24) is 4.98 Å². The van der Waals surface area contributed by atoms with Gasteiger partial charge in [-0.3, -0.25) is 4.98 Å². The van der Waals surface area contributed by atoms with Crippen molar-refractivity contribution in [2.75, 3.05) is 13.2 Å². The fraction of sp³-hybridized carbons (Fsp3) is 0.577. The van der Waals surface area contributed by atoms with Crippen LogP contribution in [0.1, 0.15) is 78.6 Å². The third-order valence-electron chi connectivity index (χ3n) is 5.44. The van der Waals surface area contributed by atoms with Crippen LogP contribution in [0.2, 0.25) is 0 Å². The minimum atomic E-state index is 0.525. The van der Waals surface area contributed by atoms with E-state index in [0.29, 0.717) is 12.5 Å². The van der Waals surface area contributed by atoms with Crippen LogP contribution in [0.5, 0.6) is 11.5 Å². The van der Waals surface area contributed by atoms with E-state index in [1.807, 2.05) is 24.5 Å². The Kier molecular flexibility index (Phi) is 11.3. The molecule has 0 saturated heterocycles. The maximum absolute atomic E-state index is 6.16. The lowest BCUT2D eigenvalue weighted by atomic mass is 10.0. The van der Waals surface area contributed by atoms with E-state index in [2.05, 4.69) is 44.0 Å². The van der Waals surface area contributed by atoms with Crippen LogP contribution in [0, 0.1) is 5.92 Å². The highest BCUT2D eigenvalue weighted by atomic mass is 16.5. The number of para-hydroxylation sites is 1. The molecule has 2 aromatic rings. The molecule has 0 N–H and O–H groups in total. The van der Waals surface area contributed by atoms with Gasteiger partial charge in [-0.1, -0.05) is 90.3 Å². The van der Waals surface area contributed by atoms with Crippen LogP contribution in [0.25, 0.3) is 11.1 Å². The first kappa shape index (κ1) is 23.3. The van der Waals surface area contributed by atoms with Gasteiger partial charge in [0, 0.05) is 17.3 Å². The average Bonchev–Trinajstić information content (AvgIpc) is 2.77. The SMILES string of the molecule is CCCCCCCCCCOc1ccccc1-c1ccncc1OCC(C)CC. The molecule has 0 aliphatic rings. The zero-order chi connectivity index (χ0) is 20.7. The van der Waals surface area contributed by atoms with E-state index in [9.17, 15) is 0 Å². The topological polar surface area (TPSA) is 31.4 Å². The molecule has 2 rings (SSSR count). The molecule has 0 saturated carbocycles. The number of hydrogen-bond donors (Lipinski definition) is 0. The molecule has 160 valence electrons. The summed E-state index contributed by atoms with van der Waals surface area (Å²) in [5.74, 6) is 2.28. The number of pyridine rings is 1. The van der Waals surface area contributed by atoms with Crippen molar-refractivity contribution in [3.8, 4) is 22.6 Å². The lowest BCUT2D eigenvalue weighted by Gasteiger charge is -2.16. The molecule has 0 fully saturated rings. The first-order chi connectivity index (χ1) is 14.3. The lowest BCUT2D eigenvalue weighted by Crippen LogP contribution is -2.08. The molecule has 1 atom stereocenters. The van der Waals surface area contributed by atoms with Crippen LogP contribution in [0.4, 0.5) is 0 Å². The summed E-state index contributed by atoms with van der Waals surface area (Å²) in [7, 11) is 0. The van der Waals surface area contributed by atoms with Crippen LogP contribution in [0.3, 0.4) is 0 Å². The molecule has 3 heteroatoms. The van der Waals surface area contributed by atoms with Gasteiger partial charge in [-0.15, -0.1) is 0 Å². The number of benzene rings is 1. The molecule has 1 aromatic carbocycles. The number of unbranched alkanes of at least 4 members (excludes halogenated alkanes) is 7. The average molecular weight is 398 g/mol. The van der Waals surface area contributed by atoms with Crippen LogP contribution in [-0.4, -0.2) is 18.2 Å². The zero-order valence-corrected chi connectivity index (χ0v) is 18.7. The molecule has 0 amide bonds. The van der Waals surface area contributed by atoms with E-state index in [4.69, 9.17) is 9.47 Å². The van der Waals surface area contributed by atoms with Crippen LogP contribution < -0.4 is 9.47 Å². The number of hydrogen-bond acceptors (Lipinski definition) is 3. The number of nitrogens with zero attached hydrogens (tertiary/aromatic N) is 1. The molecule has 0 aliphatic carbocycles. The van der Waals surface area contributed by atoms with Crippen molar-refractivity contribution in [2.45, 2.75) is 78.6 Å². The van der Waals surface area contributed by atoms with Gasteiger partial charge < -0.3 is 9.47 Å². The van der Waals surface area contributed by atoms with Crippen molar-refractivity contribution in [1.29, 1.82) is 0 Å². The lowest BCUT2D eigenvalue weighted by molar-refractivity contribution is 0.256. The third kappa shape index (κ3) is 8.47. The van der Waals surface area contributed by atoms with E-state index in [1.54, 1.807) is 0 Å². The normalized spacial score (nSPS) is 12.0. The molecular weight excluding hydrogens is 358 g/mol. The Balaban J connectivity index is 1.89. The Bertz CT molecular complexity index is 686. The van der Waals surface area contributed by atoms with E-state index < -0.39 is 0 Å². The summed E-state index contributed by atoms with van der Waals surface area (Å²) in [4.78, 5) is 4.26. The molecule has 3 nitrogen and oxygen atoms in total. The Labute approximate surface area is 177 Å². The molecule has 1 aromatic heterocycles. The monoisotopic (exact) mass is 397 g/mol. The molecule has 29 heavy (non-hydrogen) atoms. The maximum Gasteiger partial charge on any atom is 0.145 e. The van der Waals surface area contributed by atoms with Gasteiger partial charge in [0.25, 0.3) is 0 Å². The van der Waals surface area contributed by atoms with Crippen molar-refractivity contribution in [3.05, 3.63) is 42.7 Å². The smallest absolute Gasteiger partial charge is 0.145 e. The van der Waals surface area contributed by atoms with Gasteiger partial charge in [-0.05, 0) is 24.5 Å². The van der Waals surface area contributed by atoms with E-state index in [-0.39, 0.29) is 0 Å². The Morgan fingerprint density at radius 1 is 0.793 bits per heavy atom. The van der Waals surface area contributed by atoms with E-state index in [0.717, 1.165) is 42.1 Å². The van der Waals surface area contributed by atoms with Gasteiger partial charge in [0.1, 0.15) is 11.5 Å². The summed E-state index contributed by atoms with van der Waals surface area (Å²) < 4.78 is 12.2. The van der Waals surface area contributed by atoms with E-state index >= 15 is 0 Å². The van der Waals surface area contributed by atoms with Gasteiger partial charge in [-0.25, -0.2) is 0 Å². The molecule has 0 aliphatic heterocycles. The summed E-state index contributed by atoms with van der Waals surface area (Å²) in [6.45, 7) is 8.13. The van der Waals surface area contributed by atoms with Crippen LogP contribution in [-0.2, 0) is 0 Å². The van der Waals surface area contributed by atoms with Crippen molar-refractivity contribution in [3.63, 3.8) is 0 Å². The summed E-state index contributed by atoms with van der Waals surface area (Å²) in [5.41, 5.74) is 2.13. The minimum absolute atomic E-state index is 0.525. The summed E-state index contributed by atoms with van der Waals surface area (Å²) in [6.07, 6.45) is 15.2. The highest BCUT2D eigenvalue weighted by Gasteiger charge is 2.12. The van der Waals surface area contributed by atoms with Crippen molar-refractivity contribution < 1.29 is 9.47 Å². The summed E-state index contributed by atoms with van der Waals surface area (Å²) in [5, 5.41) is 0. The minimum Gasteiger partial charge on any atom is -0.493 e. The second-order valence-corrected chi connectivity index (χ2v) is 8.02. The molecule has 0 spiro atoms. The van der Waals surface area contributed by atoms with Gasteiger partial charge in [0.2, 0.25) is 0 Å². The quantitative estimate of drug-likeness (QED) is 0.289. The molecule has 0 bridgehead atoms. The van der Waals surface area contributed by atoms with Gasteiger partial charge in [-0.2, -0.15) is 0 Å². The Morgan fingerprint density at radius 3 is 2.24 bits per heavy atom. The van der Waals surface area contributed by atoms with Gasteiger partial charge >= 0.3 is 0 Å². The molecular formula is C26H39NO2. The predicted molar refractivity (Wildman–Crippen MR) is 123 cm³/mol. The first-order valence-corrected chi connectivity index (χ1v) is 11.5. The van der Waals surface area contributed by atoms with Crippen LogP contribution in [0.15, 0.2) is 42.7 Å². The summed E-state index contributed by atoms with van der Waals surface area (Å²) >= 11 is 0. The Morgan fingerprint density at radius 2 is 1.48 bits per heavy atom. The predicted octanol–water partition coefficient (Wildman–Crippen LogP) is 7.69. The summed E-state index contributed by atoms with van der Waals surface area (Å²) in [6, 6.07) is 10.3. The second-order valence-electron chi connectivity index (χ2n) is 8.02. The Hall–Kier alpha value is -2.03. The number of rotatable bonds is 15. The highest BCUT2D eigenvalue weighted by Crippen LogP contribution is 2.36. The highest BCUT2D eigenvalue weighted by molar-refractivity contribution is 5.75. The van der Waals surface area contributed by atoms with Gasteiger partial charge in [0.05, 0.1) is 19.4 Å². The molecule has 1 unspecified atom stereocenters. The third-order valence-corrected chi connectivity index (χ3v) is 5.44. The fourth-order valence-corrected chi connectivity index (χ4v) is 3.30. The van der Waals surface area contributed by atoms with Crippen molar-refractivity contribution in [2.24, 2.45) is 5.92 Å². The fourth-order valence-electron chi connectivity index (χ4n) is 3.30. The zero-order valence-electron chi connectivity index (χ0n) is 18.7. The first-order valence-electron chi connectivity index (χ1n) is 11.5. The standard InChI is InChI=1S/C26H39NO2/c1-4-6-7-8-9-10-11-14-19-28-25-16-13-12-15-23(25)24-17-18-27-20-26(24)29-21-22(3)5-2/h12-13,15-18,20,22H,4-11,14,19,21H2,1-3H3. The molecule has 0 radical (unpaired) electrons.